The van der Waals surface area contributed by atoms with Gasteiger partial charge in [-0.3, -0.25) is 0 Å². The summed E-state index contributed by atoms with van der Waals surface area (Å²) in [5.41, 5.74) is 1.31. The van der Waals surface area contributed by atoms with Gasteiger partial charge in [-0.1, -0.05) is 17.7 Å². The van der Waals surface area contributed by atoms with Crippen molar-refractivity contribution >= 4 is 17.4 Å². The zero-order chi connectivity index (χ0) is 13.8. The molecule has 1 heterocycles. The molecule has 0 aliphatic rings. The van der Waals surface area contributed by atoms with E-state index in [0.717, 1.165) is 5.56 Å². The van der Waals surface area contributed by atoms with E-state index in [2.05, 4.69) is 4.98 Å². The van der Waals surface area contributed by atoms with Gasteiger partial charge in [0.2, 0.25) is 0 Å². The molecule has 0 fully saturated rings. The van der Waals surface area contributed by atoms with E-state index in [4.69, 9.17) is 16.9 Å². The summed E-state index contributed by atoms with van der Waals surface area (Å²) in [5.74, 6) is 0.287. The highest BCUT2D eigenvalue weighted by Crippen LogP contribution is 2.18. The number of aromatic nitrogens is 1. The Morgan fingerprint density at radius 1 is 1.37 bits per heavy atom. The second-order valence-corrected chi connectivity index (χ2v) is 4.53. The monoisotopic (exact) mass is 275 g/mol. The van der Waals surface area contributed by atoms with Gasteiger partial charge in [-0.15, -0.1) is 0 Å². The molecule has 0 spiro atoms. The molecule has 0 aliphatic heterocycles. The fourth-order valence-electron chi connectivity index (χ4n) is 1.67. The predicted molar refractivity (Wildman–Crippen MR) is 72.5 cm³/mol. The Morgan fingerprint density at radius 3 is 2.74 bits per heavy atom. The smallest absolute Gasteiger partial charge is 0.142 e. The maximum Gasteiger partial charge on any atom is 0.142 e. The Labute approximate surface area is 115 Å². The highest BCUT2D eigenvalue weighted by Gasteiger charge is 2.06. The summed E-state index contributed by atoms with van der Waals surface area (Å²) in [6, 6.07) is 10.2. The van der Waals surface area contributed by atoms with Crippen molar-refractivity contribution in [2.24, 2.45) is 0 Å². The molecule has 0 N–H and O–H groups in total. The van der Waals surface area contributed by atoms with Crippen LogP contribution in [0.4, 0.5) is 10.2 Å². The topological polar surface area (TPSA) is 39.9 Å². The third kappa shape index (κ3) is 3.21. The van der Waals surface area contributed by atoms with Crippen LogP contribution in [-0.2, 0) is 6.54 Å². The average Bonchev–Trinajstić information content (AvgIpc) is 2.43. The number of rotatable bonds is 3. The van der Waals surface area contributed by atoms with Gasteiger partial charge >= 0.3 is 0 Å². The van der Waals surface area contributed by atoms with Crippen LogP contribution in [0, 0.1) is 17.1 Å². The van der Waals surface area contributed by atoms with Gasteiger partial charge < -0.3 is 4.90 Å². The van der Waals surface area contributed by atoms with Crippen LogP contribution < -0.4 is 4.90 Å². The van der Waals surface area contributed by atoms with Gasteiger partial charge in [0.05, 0.1) is 10.6 Å². The number of benzene rings is 1. The summed E-state index contributed by atoms with van der Waals surface area (Å²) in [6.45, 7) is 0.507. The summed E-state index contributed by atoms with van der Waals surface area (Å²) >= 11 is 5.64. The molecule has 0 saturated carbocycles. The van der Waals surface area contributed by atoms with E-state index in [0.29, 0.717) is 17.9 Å². The Kier molecular flexibility index (Phi) is 3.98. The van der Waals surface area contributed by atoms with Gasteiger partial charge in [0.25, 0.3) is 0 Å². The lowest BCUT2D eigenvalue weighted by Gasteiger charge is -2.18. The number of nitrogens with zero attached hydrogens (tertiary/aromatic N) is 3. The van der Waals surface area contributed by atoms with Crippen LogP contribution in [0.15, 0.2) is 36.5 Å². The molecule has 2 aromatic rings. The summed E-state index contributed by atoms with van der Waals surface area (Å²) < 4.78 is 13.3. The SMILES string of the molecule is CN(Cc1ccc(Cl)c(F)c1)c1ccc(C#N)cn1. The Hall–Kier alpha value is -2.12. The van der Waals surface area contributed by atoms with Gasteiger partial charge in [-0.2, -0.15) is 5.26 Å². The number of hydrogen-bond donors (Lipinski definition) is 0. The second-order valence-electron chi connectivity index (χ2n) is 4.12. The molecule has 3 nitrogen and oxygen atoms in total. The van der Waals surface area contributed by atoms with E-state index in [1.165, 1.54) is 18.3 Å². The number of hydrogen-bond acceptors (Lipinski definition) is 3. The van der Waals surface area contributed by atoms with Crippen LogP contribution in [0.25, 0.3) is 0 Å². The van der Waals surface area contributed by atoms with Crippen molar-refractivity contribution in [3.63, 3.8) is 0 Å². The first-order chi connectivity index (χ1) is 9.10. The molecule has 5 heteroatoms. The molecular weight excluding hydrogens is 265 g/mol. The van der Waals surface area contributed by atoms with Crippen LogP contribution in [0.3, 0.4) is 0 Å². The molecule has 0 unspecified atom stereocenters. The fourth-order valence-corrected chi connectivity index (χ4v) is 1.79. The van der Waals surface area contributed by atoms with Crippen LogP contribution in [0.5, 0.6) is 0 Å². The molecule has 19 heavy (non-hydrogen) atoms. The molecule has 2 rings (SSSR count). The predicted octanol–water partition coefficient (Wildman–Crippen LogP) is 3.38. The van der Waals surface area contributed by atoms with Crippen molar-refractivity contribution < 1.29 is 4.39 Å². The van der Waals surface area contributed by atoms with Gasteiger partial charge in [0, 0.05) is 19.8 Å². The standard InChI is InChI=1S/C14H11ClFN3/c1-19(14-5-3-11(7-17)8-18-14)9-10-2-4-12(15)13(16)6-10/h2-6,8H,9H2,1H3. The first-order valence-electron chi connectivity index (χ1n) is 5.61. The van der Waals surface area contributed by atoms with Crippen molar-refractivity contribution in [2.45, 2.75) is 6.54 Å². The highest BCUT2D eigenvalue weighted by molar-refractivity contribution is 6.30. The number of pyridine rings is 1. The van der Waals surface area contributed by atoms with E-state index < -0.39 is 5.82 Å². The van der Waals surface area contributed by atoms with Gasteiger partial charge in [0.15, 0.2) is 0 Å². The average molecular weight is 276 g/mol. The molecular formula is C14H11ClFN3. The zero-order valence-corrected chi connectivity index (χ0v) is 11.0. The van der Waals surface area contributed by atoms with Crippen molar-refractivity contribution in [1.82, 2.24) is 4.98 Å². The summed E-state index contributed by atoms with van der Waals surface area (Å²) in [5, 5.41) is 8.81. The quantitative estimate of drug-likeness (QED) is 0.862. The first kappa shape index (κ1) is 13.3. The van der Waals surface area contributed by atoms with E-state index in [1.807, 2.05) is 18.0 Å². The minimum atomic E-state index is -0.430. The molecule has 0 atom stereocenters. The highest BCUT2D eigenvalue weighted by atomic mass is 35.5. The van der Waals surface area contributed by atoms with E-state index in [9.17, 15) is 4.39 Å². The lowest BCUT2D eigenvalue weighted by atomic mass is 10.2. The lowest BCUT2D eigenvalue weighted by molar-refractivity contribution is 0.625. The second kappa shape index (κ2) is 5.68. The van der Waals surface area contributed by atoms with Crippen LogP contribution >= 0.6 is 11.6 Å². The maximum absolute atomic E-state index is 13.3. The van der Waals surface area contributed by atoms with Crippen LogP contribution in [0.1, 0.15) is 11.1 Å². The van der Waals surface area contributed by atoms with Gasteiger partial charge in [-0.25, -0.2) is 9.37 Å². The van der Waals surface area contributed by atoms with Crippen molar-refractivity contribution in [3.05, 3.63) is 58.5 Å². The van der Waals surface area contributed by atoms with Gasteiger partial charge in [0.1, 0.15) is 17.7 Å². The normalized spacial score (nSPS) is 10.0. The fraction of sp³-hybridized carbons (Fsp3) is 0.143. The van der Waals surface area contributed by atoms with Crippen molar-refractivity contribution in [2.75, 3.05) is 11.9 Å². The van der Waals surface area contributed by atoms with Crippen molar-refractivity contribution in [1.29, 1.82) is 5.26 Å². The summed E-state index contributed by atoms with van der Waals surface area (Å²) in [4.78, 5) is 6.03. The Balaban J connectivity index is 2.13. The Morgan fingerprint density at radius 2 is 2.16 bits per heavy atom. The zero-order valence-electron chi connectivity index (χ0n) is 10.3. The third-order valence-corrected chi connectivity index (χ3v) is 2.98. The molecule has 1 aromatic carbocycles. The number of nitriles is 1. The molecule has 96 valence electrons. The van der Waals surface area contributed by atoms with E-state index >= 15 is 0 Å². The van der Waals surface area contributed by atoms with E-state index in [-0.39, 0.29) is 5.02 Å². The lowest BCUT2D eigenvalue weighted by Crippen LogP contribution is -2.17. The maximum atomic E-state index is 13.3. The van der Waals surface area contributed by atoms with E-state index in [1.54, 1.807) is 18.2 Å². The van der Waals surface area contributed by atoms with Crippen LogP contribution in [-0.4, -0.2) is 12.0 Å². The Bertz CT molecular complexity index is 620. The number of halogens is 2. The van der Waals surface area contributed by atoms with Gasteiger partial charge in [-0.05, 0) is 29.8 Å². The van der Waals surface area contributed by atoms with Crippen molar-refractivity contribution in [3.8, 4) is 6.07 Å². The van der Waals surface area contributed by atoms with Crippen LogP contribution in [0.2, 0.25) is 5.02 Å². The molecule has 0 saturated heterocycles. The largest absolute Gasteiger partial charge is 0.355 e. The number of anilines is 1. The molecule has 0 amide bonds. The summed E-state index contributed by atoms with van der Waals surface area (Å²) in [7, 11) is 1.85. The summed E-state index contributed by atoms with van der Waals surface area (Å²) in [6.07, 6.45) is 1.51. The molecule has 1 aromatic heterocycles. The minimum absolute atomic E-state index is 0.114. The molecule has 0 bridgehead atoms. The molecule has 0 radical (unpaired) electrons. The minimum Gasteiger partial charge on any atom is -0.355 e. The first-order valence-corrected chi connectivity index (χ1v) is 5.99. The molecule has 0 aliphatic carbocycles. The third-order valence-electron chi connectivity index (χ3n) is 2.67.